The van der Waals surface area contributed by atoms with Crippen molar-refractivity contribution in [2.75, 3.05) is 23.3 Å². The number of hydrogen-bond donors (Lipinski definition) is 2. The monoisotopic (exact) mass is 277 g/mol. The summed E-state index contributed by atoms with van der Waals surface area (Å²) in [6, 6.07) is 3.85. The van der Waals surface area contributed by atoms with E-state index in [-0.39, 0.29) is 6.03 Å². The molecule has 2 rings (SSSR count). The maximum atomic E-state index is 11.6. The number of urea groups is 1. The molecule has 1 heterocycles. The SMILES string of the molecule is CCCN(CCC)c1ccc(NC(=O)NC2CC2)nn1. The van der Waals surface area contributed by atoms with Gasteiger partial charge in [-0.2, -0.15) is 0 Å². The van der Waals surface area contributed by atoms with E-state index in [1.54, 1.807) is 6.07 Å². The Morgan fingerprint density at radius 1 is 1.25 bits per heavy atom. The third-order valence-corrected chi connectivity index (χ3v) is 3.12. The zero-order valence-electron chi connectivity index (χ0n) is 12.2. The summed E-state index contributed by atoms with van der Waals surface area (Å²) in [4.78, 5) is 13.8. The molecule has 1 saturated carbocycles. The minimum absolute atomic E-state index is 0.200. The summed E-state index contributed by atoms with van der Waals surface area (Å²) in [7, 11) is 0. The molecule has 1 aliphatic carbocycles. The van der Waals surface area contributed by atoms with Crippen LogP contribution in [0, 0.1) is 0 Å². The molecule has 6 nitrogen and oxygen atoms in total. The first-order valence-corrected chi connectivity index (χ1v) is 7.39. The second-order valence-corrected chi connectivity index (χ2v) is 5.14. The van der Waals surface area contributed by atoms with Gasteiger partial charge in [-0.1, -0.05) is 13.8 Å². The lowest BCUT2D eigenvalue weighted by Gasteiger charge is -2.21. The van der Waals surface area contributed by atoms with E-state index in [9.17, 15) is 4.79 Å². The Kier molecular flexibility index (Phi) is 5.15. The molecule has 0 unspecified atom stereocenters. The third-order valence-electron chi connectivity index (χ3n) is 3.12. The molecule has 1 aromatic rings. The van der Waals surface area contributed by atoms with Crippen molar-refractivity contribution in [3.63, 3.8) is 0 Å². The number of anilines is 2. The molecule has 0 aliphatic heterocycles. The maximum Gasteiger partial charge on any atom is 0.320 e. The summed E-state index contributed by atoms with van der Waals surface area (Å²) in [5.41, 5.74) is 0. The normalized spacial score (nSPS) is 13.9. The smallest absolute Gasteiger partial charge is 0.320 e. The second-order valence-electron chi connectivity index (χ2n) is 5.14. The Labute approximate surface area is 120 Å². The lowest BCUT2D eigenvalue weighted by molar-refractivity contribution is 0.251. The van der Waals surface area contributed by atoms with Crippen molar-refractivity contribution < 1.29 is 4.79 Å². The summed E-state index contributed by atoms with van der Waals surface area (Å²) in [5, 5.41) is 13.8. The van der Waals surface area contributed by atoms with Crippen LogP contribution >= 0.6 is 0 Å². The maximum absolute atomic E-state index is 11.6. The van der Waals surface area contributed by atoms with Gasteiger partial charge in [-0.15, -0.1) is 10.2 Å². The fraction of sp³-hybridized carbons (Fsp3) is 0.643. The first-order chi connectivity index (χ1) is 9.72. The molecule has 0 spiro atoms. The molecule has 0 bridgehead atoms. The lowest BCUT2D eigenvalue weighted by atomic mass is 10.3. The Morgan fingerprint density at radius 3 is 2.45 bits per heavy atom. The van der Waals surface area contributed by atoms with E-state index in [4.69, 9.17) is 0 Å². The molecule has 0 radical (unpaired) electrons. The van der Waals surface area contributed by atoms with Crippen LogP contribution in [0.1, 0.15) is 39.5 Å². The number of nitrogens with one attached hydrogen (secondary N) is 2. The first-order valence-electron chi connectivity index (χ1n) is 7.39. The van der Waals surface area contributed by atoms with Gasteiger partial charge in [-0.05, 0) is 37.8 Å². The summed E-state index contributed by atoms with van der Waals surface area (Å²) >= 11 is 0. The largest absolute Gasteiger partial charge is 0.355 e. The summed E-state index contributed by atoms with van der Waals surface area (Å²) in [6.45, 7) is 6.23. The minimum atomic E-state index is -0.200. The molecule has 0 aromatic carbocycles. The molecular weight excluding hydrogens is 254 g/mol. The average molecular weight is 277 g/mol. The van der Waals surface area contributed by atoms with Gasteiger partial charge in [0.1, 0.15) is 0 Å². The van der Waals surface area contributed by atoms with Crippen LogP contribution in [0.2, 0.25) is 0 Å². The van der Waals surface area contributed by atoms with Gasteiger partial charge in [0.25, 0.3) is 0 Å². The molecule has 20 heavy (non-hydrogen) atoms. The standard InChI is InChI=1S/C14H23N5O/c1-3-9-19(10-4-2)13-8-7-12(17-18-13)16-14(20)15-11-5-6-11/h7-8,11H,3-6,9-10H2,1-2H3,(H2,15,16,17,20). The van der Waals surface area contributed by atoms with Crippen molar-refractivity contribution in [1.82, 2.24) is 15.5 Å². The van der Waals surface area contributed by atoms with Gasteiger partial charge in [0, 0.05) is 19.1 Å². The van der Waals surface area contributed by atoms with Gasteiger partial charge in [0.05, 0.1) is 0 Å². The molecule has 1 aromatic heterocycles. The van der Waals surface area contributed by atoms with E-state index < -0.39 is 0 Å². The summed E-state index contributed by atoms with van der Waals surface area (Å²) < 4.78 is 0. The lowest BCUT2D eigenvalue weighted by Crippen LogP contribution is -2.31. The first kappa shape index (κ1) is 14.6. The third kappa shape index (κ3) is 4.36. The molecule has 2 N–H and O–H groups in total. The van der Waals surface area contributed by atoms with E-state index in [1.807, 2.05) is 6.07 Å². The highest BCUT2D eigenvalue weighted by molar-refractivity contribution is 5.88. The number of amides is 2. The van der Waals surface area contributed by atoms with Crippen LogP contribution in [-0.2, 0) is 0 Å². The van der Waals surface area contributed by atoms with Gasteiger partial charge < -0.3 is 10.2 Å². The summed E-state index contributed by atoms with van der Waals surface area (Å²) in [6.07, 6.45) is 4.29. The van der Waals surface area contributed by atoms with E-state index in [0.29, 0.717) is 11.9 Å². The van der Waals surface area contributed by atoms with Crippen molar-refractivity contribution in [3.8, 4) is 0 Å². The highest BCUT2D eigenvalue weighted by atomic mass is 16.2. The number of hydrogen-bond acceptors (Lipinski definition) is 4. The van der Waals surface area contributed by atoms with Crippen LogP contribution in [0.4, 0.5) is 16.4 Å². The number of rotatable bonds is 7. The average Bonchev–Trinajstić information content (AvgIpc) is 3.23. The quantitative estimate of drug-likeness (QED) is 0.803. The Morgan fingerprint density at radius 2 is 1.95 bits per heavy atom. The molecule has 0 atom stereocenters. The highest BCUT2D eigenvalue weighted by Crippen LogP contribution is 2.18. The predicted octanol–water partition coefficient (Wildman–Crippen LogP) is 2.39. The zero-order valence-corrected chi connectivity index (χ0v) is 12.2. The van der Waals surface area contributed by atoms with Crippen LogP contribution in [0.25, 0.3) is 0 Å². The van der Waals surface area contributed by atoms with E-state index in [2.05, 4.69) is 39.6 Å². The topological polar surface area (TPSA) is 70.2 Å². The Balaban J connectivity index is 1.91. The van der Waals surface area contributed by atoms with Gasteiger partial charge in [0.2, 0.25) is 0 Å². The fourth-order valence-corrected chi connectivity index (χ4v) is 2.01. The molecule has 2 amide bonds. The molecular formula is C14H23N5O. The zero-order chi connectivity index (χ0) is 14.4. The van der Waals surface area contributed by atoms with E-state index in [0.717, 1.165) is 44.6 Å². The van der Waals surface area contributed by atoms with Crippen molar-refractivity contribution in [2.45, 2.75) is 45.6 Å². The van der Waals surface area contributed by atoms with Crippen LogP contribution in [-0.4, -0.2) is 35.4 Å². The van der Waals surface area contributed by atoms with Gasteiger partial charge in [-0.3, -0.25) is 5.32 Å². The van der Waals surface area contributed by atoms with Crippen LogP contribution in [0.5, 0.6) is 0 Å². The van der Waals surface area contributed by atoms with Crippen molar-refractivity contribution in [2.24, 2.45) is 0 Å². The number of nitrogens with zero attached hydrogens (tertiary/aromatic N) is 3. The molecule has 1 aliphatic rings. The molecule has 6 heteroatoms. The predicted molar refractivity (Wildman–Crippen MR) is 80.0 cm³/mol. The minimum Gasteiger partial charge on any atom is -0.355 e. The van der Waals surface area contributed by atoms with Crippen molar-refractivity contribution in [1.29, 1.82) is 0 Å². The Bertz CT molecular complexity index is 424. The van der Waals surface area contributed by atoms with Gasteiger partial charge in [-0.25, -0.2) is 4.79 Å². The van der Waals surface area contributed by atoms with Crippen LogP contribution in [0.3, 0.4) is 0 Å². The van der Waals surface area contributed by atoms with Gasteiger partial charge >= 0.3 is 6.03 Å². The van der Waals surface area contributed by atoms with Crippen LogP contribution in [0.15, 0.2) is 12.1 Å². The van der Waals surface area contributed by atoms with Crippen molar-refractivity contribution >= 4 is 17.7 Å². The number of carbonyl (C=O) groups excluding carboxylic acids is 1. The van der Waals surface area contributed by atoms with Crippen molar-refractivity contribution in [3.05, 3.63) is 12.1 Å². The highest BCUT2D eigenvalue weighted by Gasteiger charge is 2.23. The second kappa shape index (κ2) is 7.07. The van der Waals surface area contributed by atoms with Gasteiger partial charge in [0.15, 0.2) is 11.6 Å². The number of carbonyl (C=O) groups is 1. The molecule has 1 fully saturated rings. The Hall–Kier alpha value is -1.85. The summed E-state index contributed by atoms with van der Waals surface area (Å²) in [5.74, 6) is 1.35. The number of aromatic nitrogens is 2. The van der Waals surface area contributed by atoms with E-state index in [1.165, 1.54) is 0 Å². The van der Waals surface area contributed by atoms with Crippen LogP contribution < -0.4 is 15.5 Å². The fourth-order valence-electron chi connectivity index (χ4n) is 2.01. The van der Waals surface area contributed by atoms with E-state index >= 15 is 0 Å². The molecule has 110 valence electrons. The molecule has 0 saturated heterocycles.